The van der Waals surface area contributed by atoms with Crippen LogP contribution in [0.15, 0.2) is 42.5 Å². The van der Waals surface area contributed by atoms with E-state index < -0.39 is 12.1 Å². The van der Waals surface area contributed by atoms with Crippen LogP contribution in [0.3, 0.4) is 0 Å². The minimum atomic E-state index is -0.880. The van der Waals surface area contributed by atoms with Gasteiger partial charge >= 0.3 is 0 Å². The minimum absolute atomic E-state index is 0.162. The Bertz CT molecular complexity index is 901. The summed E-state index contributed by atoms with van der Waals surface area (Å²) in [6, 6.07) is 11.2. The van der Waals surface area contributed by atoms with Gasteiger partial charge in [0.2, 0.25) is 5.91 Å². The van der Waals surface area contributed by atoms with Gasteiger partial charge in [-0.2, -0.15) is 0 Å². The van der Waals surface area contributed by atoms with Crippen molar-refractivity contribution in [2.75, 3.05) is 32.8 Å². The first-order chi connectivity index (χ1) is 15.1. The molecule has 2 aliphatic heterocycles. The predicted molar refractivity (Wildman–Crippen MR) is 115 cm³/mol. The number of halogens is 1. The van der Waals surface area contributed by atoms with Gasteiger partial charge in [0.25, 0.3) is 0 Å². The molecule has 0 aromatic heterocycles. The van der Waals surface area contributed by atoms with Gasteiger partial charge in [-0.1, -0.05) is 18.2 Å². The van der Waals surface area contributed by atoms with Crippen LogP contribution in [0.2, 0.25) is 0 Å². The van der Waals surface area contributed by atoms with Crippen molar-refractivity contribution in [2.45, 2.75) is 37.8 Å². The SMILES string of the molecule is O=C(CCc1cccc(F)c1)N[C@H](CN1CCCC1)[C@H](O)c1ccc2c(c1)OCCO2. The van der Waals surface area contributed by atoms with E-state index in [1.807, 2.05) is 12.1 Å². The van der Waals surface area contributed by atoms with E-state index in [4.69, 9.17) is 9.47 Å². The van der Waals surface area contributed by atoms with Gasteiger partial charge in [-0.3, -0.25) is 4.79 Å². The number of benzene rings is 2. The molecule has 7 heteroatoms. The molecule has 0 radical (unpaired) electrons. The maximum Gasteiger partial charge on any atom is 0.220 e. The third-order valence-electron chi connectivity index (χ3n) is 5.82. The number of hydrogen-bond donors (Lipinski definition) is 2. The first kappa shape index (κ1) is 21.6. The molecule has 0 spiro atoms. The monoisotopic (exact) mass is 428 g/mol. The van der Waals surface area contributed by atoms with E-state index in [0.29, 0.717) is 43.2 Å². The maximum absolute atomic E-state index is 13.4. The Morgan fingerprint density at radius 3 is 2.65 bits per heavy atom. The molecule has 2 aliphatic rings. The van der Waals surface area contributed by atoms with E-state index in [1.54, 1.807) is 18.2 Å². The van der Waals surface area contributed by atoms with Gasteiger partial charge in [0.05, 0.1) is 6.04 Å². The van der Waals surface area contributed by atoms with Crippen molar-refractivity contribution in [3.8, 4) is 11.5 Å². The smallest absolute Gasteiger partial charge is 0.220 e. The second-order valence-electron chi connectivity index (χ2n) is 8.16. The van der Waals surface area contributed by atoms with Crippen LogP contribution in [0.4, 0.5) is 4.39 Å². The van der Waals surface area contributed by atoms with Gasteiger partial charge in [0.15, 0.2) is 11.5 Å². The lowest BCUT2D eigenvalue weighted by Crippen LogP contribution is -2.46. The molecule has 2 N–H and O–H groups in total. The van der Waals surface area contributed by atoms with E-state index in [0.717, 1.165) is 31.5 Å². The predicted octanol–water partition coefficient (Wildman–Crippen LogP) is 2.84. The highest BCUT2D eigenvalue weighted by Crippen LogP contribution is 2.33. The molecule has 2 atom stereocenters. The van der Waals surface area contributed by atoms with Crippen LogP contribution in [0.5, 0.6) is 11.5 Å². The lowest BCUT2D eigenvalue weighted by Gasteiger charge is -2.29. The van der Waals surface area contributed by atoms with E-state index in [-0.39, 0.29) is 18.1 Å². The molecule has 6 nitrogen and oxygen atoms in total. The molecule has 0 saturated carbocycles. The van der Waals surface area contributed by atoms with Crippen molar-refractivity contribution >= 4 is 5.91 Å². The number of carbonyl (C=O) groups is 1. The number of aliphatic hydroxyl groups is 1. The average molecular weight is 429 g/mol. The van der Waals surface area contributed by atoms with Crippen molar-refractivity contribution in [1.82, 2.24) is 10.2 Å². The Labute approximate surface area is 182 Å². The van der Waals surface area contributed by atoms with E-state index >= 15 is 0 Å². The lowest BCUT2D eigenvalue weighted by molar-refractivity contribution is -0.122. The molecule has 2 aromatic rings. The van der Waals surface area contributed by atoms with Crippen molar-refractivity contribution in [3.05, 3.63) is 59.4 Å². The maximum atomic E-state index is 13.4. The van der Waals surface area contributed by atoms with Gasteiger partial charge in [0, 0.05) is 13.0 Å². The molecular formula is C24H29FN2O4. The molecule has 4 rings (SSSR count). The highest BCUT2D eigenvalue weighted by atomic mass is 19.1. The quantitative estimate of drug-likeness (QED) is 0.677. The molecule has 0 unspecified atom stereocenters. The summed E-state index contributed by atoms with van der Waals surface area (Å²) in [6.45, 7) is 3.47. The van der Waals surface area contributed by atoms with Crippen molar-refractivity contribution in [2.24, 2.45) is 0 Å². The number of aliphatic hydroxyl groups excluding tert-OH is 1. The summed E-state index contributed by atoms with van der Waals surface area (Å²) in [5.41, 5.74) is 1.46. The molecule has 2 heterocycles. The zero-order chi connectivity index (χ0) is 21.6. The van der Waals surface area contributed by atoms with Crippen molar-refractivity contribution in [1.29, 1.82) is 0 Å². The number of nitrogens with zero attached hydrogens (tertiary/aromatic N) is 1. The van der Waals surface area contributed by atoms with Crippen LogP contribution >= 0.6 is 0 Å². The number of ether oxygens (including phenoxy) is 2. The normalized spacial score (nSPS) is 17.9. The summed E-state index contributed by atoms with van der Waals surface area (Å²) in [5.74, 6) is 0.807. The minimum Gasteiger partial charge on any atom is -0.486 e. The standard InChI is InChI=1S/C24H29FN2O4/c25-19-5-3-4-17(14-19)6-9-23(28)26-20(16-27-10-1-2-11-27)24(29)18-7-8-21-22(15-18)31-13-12-30-21/h3-5,7-8,14-15,20,24,29H,1-2,6,9-13,16H2,(H,26,28)/t20-,24-/m1/s1. The van der Waals surface area contributed by atoms with Crippen LogP contribution in [0.1, 0.15) is 36.5 Å². The van der Waals surface area contributed by atoms with Crippen LogP contribution in [-0.4, -0.2) is 54.8 Å². The Morgan fingerprint density at radius 2 is 1.87 bits per heavy atom. The van der Waals surface area contributed by atoms with Crippen LogP contribution in [0, 0.1) is 5.82 Å². The highest BCUT2D eigenvalue weighted by Gasteiger charge is 2.27. The van der Waals surface area contributed by atoms with Crippen molar-refractivity contribution < 1.29 is 23.8 Å². The van der Waals surface area contributed by atoms with E-state index in [2.05, 4.69) is 10.2 Å². The third kappa shape index (κ3) is 5.74. The molecule has 0 bridgehead atoms. The third-order valence-corrected chi connectivity index (χ3v) is 5.82. The zero-order valence-corrected chi connectivity index (χ0v) is 17.6. The Hall–Kier alpha value is -2.64. The molecular weight excluding hydrogens is 399 g/mol. The Kier molecular flexibility index (Phi) is 7.04. The van der Waals surface area contributed by atoms with Gasteiger partial charge in [-0.25, -0.2) is 4.39 Å². The summed E-state index contributed by atoms with van der Waals surface area (Å²) < 4.78 is 24.6. The molecule has 0 aliphatic carbocycles. The molecule has 1 amide bonds. The lowest BCUT2D eigenvalue weighted by atomic mass is 10.0. The first-order valence-corrected chi connectivity index (χ1v) is 10.9. The molecule has 2 aromatic carbocycles. The van der Waals surface area contributed by atoms with Gasteiger partial charge in [-0.05, 0) is 67.7 Å². The first-order valence-electron chi connectivity index (χ1n) is 10.9. The van der Waals surface area contributed by atoms with Gasteiger partial charge in [0.1, 0.15) is 25.1 Å². The second-order valence-corrected chi connectivity index (χ2v) is 8.16. The molecule has 1 saturated heterocycles. The topological polar surface area (TPSA) is 71.0 Å². The average Bonchev–Trinajstić information content (AvgIpc) is 3.30. The fourth-order valence-electron chi connectivity index (χ4n) is 4.17. The number of aryl methyl sites for hydroxylation is 1. The summed E-state index contributed by atoms with van der Waals surface area (Å²) >= 11 is 0. The number of fused-ring (bicyclic) bond motifs is 1. The highest BCUT2D eigenvalue weighted by molar-refractivity contribution is 5.76. The number of likely N-dealkylation sites (tertiary alicyclic amines) is 1. The number of hydrogen-bond acceptors (Lipinski definition) is 5. The number of nitrogens with one attached hydrogen (secondary N) is 1. The molecule has 1 fully saturated rings. The van der Waals surface area contributed by atoms with Crippen LogP contribution < -0.4 is 14.8 Å². The van der Waals surface area contributed by atoms with E-state index in [9.17, 15) is 14.3 Å². The summed E-state index contributed by atoms with van der Waals surface area (Å²) in [4.78, 5) is 14.9. The van der Waals surface area contributed by atoms with Crippen LogP contribution in [-0.2, 0) is 11.2 Å². The fraction of sp³-hybridized carbons (Fsp3) is 0.458. The molecule has 166 valence electrons. The summed E-state index contributed by atoms with van der Waals surface area (Å²) in [7, 11) is 0. The van der Waals surface area contributed by atoms with Gasteiger partial charge in [-0.15, -0.1) is 0 Å². The molecule has 31 heavy (non-hydrogen) atoms. The number of carbonyl (C=O) groups excluding carboxylic acids is 1. The Balaban J connectivity index is 1.43. The summed E-state index contributed by atoms with van der Waals surface area (Å²) in [6.07, 6.45) is 2.05. The largest absolute Gasteiger partial charge is 0.486 e. The number of rotatable bonds is 8. The summed E-state index contributed by atoms with van der Waals surface area (Å²) in [5, 5.41) is 14.1. The van der Waals surface area contributed by atoms with Gasteiger partial charge < -0.3 is 24.8 Å². The van der Waals surface area contributed by atoms with Crippen LogP contribution in [0.25, 0.3) is 0 Å². The second kappa shape index (κ2) is 10.1. The zero-order valence-electron chi connectivity index (χ0n) is 17.6. The van der Waals surface area contributed by atoms with Crippen molar-refractivity contribution in [3.63, 3.8) is 0 Å². The Morgan fingerprint density at radius 1 is 1.10 bits per heavy atom. The fourth-order valence-corrected chi connectivity index (χ4v) is 4.17. The number of amides is 1. The van der Waals surface area contributed by atoms with E-state index in [1.165, 1.54) is 12.1 Å².